The maximum absolute atomic E-state index is 13.1. The highest BCUT2D eigenvalue weighted by Crippen LogP contribution is 2.43. The number of benzene rings is 1. The van der Waals surface area contributed by atoms with Gasteiger partial charge in [0.1, 0.15) is 11.6 Å². The number of halogens is 1. The maximum Gasteiger partial charge on any atom is 0.289 e. The number of nitrogens with zero attached hydrogens (tertiary/aromatic N) is 4. The normalized spacial score (nSPS) is 16.5. The van der Waals surface area contributed by atoms with Crippen LogP contribution in [-0.4, -0.2) is 52.7 Å². The molecule has 0 aliphatic carbocycles. The van der Waals surface area contributed by atoms with Gasteiger partial charge in [0.15, 0.2) is 0 Å². The monoisotopic (exact) mass is 542 g/mol. The topological polar surface area (TPSA) is 146 Å². The summed E-state index contributed by atoms with van der Waals surface area (Å²) < 4.78 is 25.1. The number of anilines is 1. The van der Waals surface area contributed by atoms with E-state index in [1.807, 2.05) is 32.0 Å². The van der Waals surface area contributed by atoms with Crippen LogP contribution in [0, 0.1) is 13.8 Å². The van der Waals surface area contributed by atoms with Gasteiger partial charge in [-0.3, -0.25) is 18.9 Å². The minimum Gasteiger partial charge on any atom is -0.365 e. The van der Waals surface area contributed by atoms with Crippen LogP contribution < -0.4 is 10.6 Å². The van der Waals surface area contributed by atoms with Crippen LogP contribution in [0.4, 0.5) is 5.82 Å². The van der Waals surface area contributed by atoms with Crippen molar-refractivity contribution in [3.63, 3.8) is 0 Å². The molecule has 4 heterocycles. The molecule has 1 aliphatic rings. The Hall–Kier alpha value is -3.25. The largest absolute Gasteiger partial charge is 0.365 e. The van der Waals surface area contributed by atoms with Crippen molar-refractivity contribution in [3.05, 3.63) is 64.5 Å². The van der Waals surface area contributed by atoms with Crippen LogP contribution in [0.2, 0.25) is 5.02 Å². The van der Waals surface area contributed by atoms with Crippen LogP contribution in [0.5, 0.6) is 0 Å². The van der Waals surface area contributed by atoms with E-state index in [0.29, 0.717) is 41.5 Å². The van der Waals surface area contributed by atoms with Gasteiger partial charge in [0.2, 0.25) is 5.82 Å². The summed E-state index contributed by atoms with van der Waals surface area (Å²) in [5.41, 5.74) is 4.03. The zero-order valence-corrected chi connectivity index (χ0v) is 21.9. The smallest absolute Gasteiger partial charge is 0.289 e. The molecule has 1 saturated heterocycles. The number of carbonyl (C=O) groups excluding carboxylic acids is 1. The molecule has 0 bridgehead atoms. The minimum absolute atomic E-state index is 0.0292. The van der Waals surface area contributed by atoms with Crippen LogP contribution in [0.25, 0.3) is 22.0 Å². The summed E-state index contributed by atoms with van der Waals surface area (Å²) in [6, 6.07) is 7.36. The molecular formula is C25H27ClN6O4S. The first-order valence-electron chi connectivity index (χ1n) is 11.8. The van der Waals surface area contributed by atoms with Crippen LogP contribution >= 0.6 is 22.2 Å². The second kappa shape index (κ2) is 10.3. The van der Waals surface area contributed by atoms with E-state index in [-0.39, 0.29) is 23.4 Å². The number of rotatable bonds is 6. The number of aromatic nitrogens is 4. The maximum atomic E-state index is 13.1. The Morgan fingerprint density at radius 1 is 1.16 bits per heavy atom. The van der Waals surface area contributed by atoms with Gasteiger partial charge in [-0.2, -0.15) is 10.6 Å². The quantitative estimate of drug-likeness (QED) is 0.258. The molecule has 0 atom stereocenters. The molecule has 0 spiro atoms. The summed E-state index contributed by atoms with van der Waals surface area (Å²) in [7, 11) is -2.54. The van der Waals surface area contributed by atoms with Crippen molar-refractivity contribution in [3.8, 4) is 11.1 Å². The number of nitrogens with one attached hydrogen (secondary N) is 2. The first kappa shape index (κ1) is 25.4. The van der Waals surface area contributed by atoms with Gasteiger partial charge in [-0.25, -0.2) is 9.97 Å². The Bertz CT molecular complexity index is 1450. The molecule has 10 nitrogen and oxygen atoms in total. The van der Waals surface area contributed by atoms with E-state index in [0.717, 1.165) is 27.8 Å². The summed E-state index contributed by atoms with van der Waals surface area (Å²) in [6.45, 7) is 4.13. The number of aryl methyl sites for hydroxylation is 2. The van der Waals surface area contributed by atoms with E-state index in [9.17, 15) is 13.9 Å². The van der Waals surface area contributed by atoms with E-state index < -0.39 is 16.5 Å². The molecular weight excluding hydrogens is 516 g/mol. The molecule has 37 heavy (non-hydrogen) atoms. The van der Waals surface area contributed by atoms with Crippen molar-refractivity contribution < 1.29 is 18.4 Å². The summed E-state index contributed by atoms with van der Waals surface area (Å²) >= 11 is 6.09. The highest BCUT2D eigenvalue weighted by atomic mass is 35.5. The summed E-state index contributed by atoms with van der Waals surface area (Å²) in [6.07, 6.45) is 4.26. The van der Waals surface area contributed by atoms with Gasteiger partial charge in [-0.15, -0.1) is 0 Å². The van der Waals surface area contributed by atoms with E-state index >= 15 is 0 Å². The van der Waals surface area contributed by atoms with Crippen molar-refractivity contribution in [2.75, 3.05) is 16.8 Å². The number of pyridine rings is 1. The molecule has 5 rings (SSSR count). The molecule has 194 valence electrons. The summed E-state index contributed by atoms with van der Waals surface area (Å²) in [5.74, 6) is 1.37. The molecule has 1 fully saturated rings. The highest BCUT2D eigenvalue weighted by molar-refractivity contribution is 8.24. The van der Waals surface area contributed by atoms with Crippen molar-refractivity contribution in [2.24, 2.45) is 0 Å². The van der Waals surface area contributed by atoms with E-state index in [1.165, 1.54) is 0 Å². The van der Waals surface area contributed by atoms with Gasteiger partial charge in [0, 0.05) is 47.4 Å². The molecule has 0 saturated carbocycles. The Kier molecular flexibility index (Phi) is 7.04. The summed E-state index contributed by atoms with van der Waals surface area (Å²) in [5, 5.41) is 11.6. The van der Waals surface area contributed by atoms with Gasteiger partial charge >= 0.3 is 0 Å². The molecule has 4 aromatic rings. The number of hydrogen-bond donors (Lipinski definition) is 4. The zero-order chi connectivity index (χ0) is 26.2. The lowest BCUT2D eigenvalue weighted by Crippen LogP contribution is -2.40. The Morgan fingerprint density at radius 3 is 2.65 bits per heavy atom. The molecule has 4 N–H and O–H groups in total. The van der Waals surface area contributed by atoms with E-state index in [2.05, 4.69) is 30.7 Å². The molecule has 3 aromatic heterocycles. The van der Waals surface area contributed by atoms with Crippen molar-refractivity contribution in [1.29, 1.82) is 0 Å². The first-order chi connectivity index (χ1) is 17.7. The highest BCUT2D eigenvalue weighted by Gasteiger charge is 2.26. The third-order valence-electron chi connectivity index (χ3n) is 6.36. The SMILES string of the molecule is Cc1noc(C)c1-c1ccc2nc(C(=O)NC3CCS(O)(O)CC3)nc(NCc3cncc(Cl)c3)c2c1. The van der Waals surface area contributed by atoms with Gasteiger partial charge in [-0.1, -0.05) is 22.8 Å². The fourth-order valence-electron chi connectivity index (χ4n) is 4.46. The number of carbonyl (C=O) groups is 1. The van der Waals surface area contributed by atoms with Gasteiger partial charge in [-0.05, 0) is 56.0 Å². The molecule has 1 aliphatic heterocycles. The van der Waals surface area contributed by atoms with Crippen LogP contribution in [0.3, 0.4) is 0 Å². The lowest BCUT2D eigenvalue weighted by atomic mass is 10.0. The molecule has 12 heteroatoms. The number of fused-ring (bicyclic) bond motifs is 1. The second-order valence-corrected chi connectivity index (χ2v) is 12.0. The Labute approximate surface area is 220 Å². The predicted octanol–water partition coefficient (Wildman–Crippen LogP) is 5.20. The summed E-state index contributed by atoms with van der Waals surface area (Å²) in [4.78, 5) is 26.3. The van der Waals surface area contributed by atoms with Gasteiger partial charge in [0.25, 0.3) is 5.91 Å². The lowest BCUT2D eigenvalue weighted by Gasteiger charge is -2.39. The second-order valence-electron chi connectivity index (χ2n) is 9.15. The number of amides is 1. The third-order valence-corrected chi connectivity index (χ3v) is 8.35. The van der Waals surface area contributed by atoms with E-state index in [1.54, 1.807) is 18.5 Å². The Morgan fingerprint density at radius 2 is 1.95 bits per heavy atom. The first-order valence-corrected chi connectivity index (χ1v) is 14.1. The lowest BCUT2D eigenvalue weighted by molar-refractivity contribution is 0.0923. The van der Waals surface area contributed by atoms with Crippen molar-refractivity contribution >= 4 is 44.8 Å². The Balaban J connectivity index is 1.49. The van der Waals surface area contributed by atoms with Crippen LogP contribution in [0.15, 0.2) is 41.2 Å². The standard InChI is InChI=1S/C25H27ClN6O4S/c1-14-22(15(2)36-32-14)17-3-4-21-20(10-17)23(28-12-16-9-18(26)13-27-11-16)31-24(30-21)25(33)29-19-5-7-37(34,35)8-6-19/h3-4,9-11,13,19,34-35H,5-8,12H2,1-2H3,(H,29,33)(H,28,30,31). The zero-order valence-electron chi connectivity index (χ0n) is 20.4. The minimum atomic E-state index is -2.54. The molecule has 0 radical (unpaired) electrons. The van der Waals surface area contributed by atoms with Crippen LogP contribution in [0.1, 0.15) is 40.5 Å². The van der Waals surface area contributed by atoms with Crippen molar-refractivity contribution in [1.82, 2.24) is 25.4 Å². The van der Waals surface area contributed by atoms with Crippen LogP contribution in [-0.2, 0) is 6.54 Å². The fraction of sp³-hybridized carbons (Fsp3) is 0.320. The molecule has 1 amide bonds. The third kappa shape index (κ3) is 5.69. The average molecular weight is 543 g/mol. The van der Waals surface area contributed by atoms with Gasteiger partial charge < -0.3 is 15.2 Å². The molecule has 1 aromatic carbocycles. The fourth-order valence-corrected chi connectivity index (χ4v) is 6.18. The average Bonchev–Trinajstić information content (AvgIpc) is 3.21. The molecule has 0 unspecified atom stereocenters. The van der Waals surface area contributed by atoms with Gasteiger partial charge in [0.05, 0.1) is 16.2 Å². The number of hydrogen-bond acceptors (Lipinski definition) is 9. The van der Waals surface area contributed by atoms with Crippen molar-refractivity contribution in [2.45, 2.75) is 39.3 Å². The van der Waals surface area contributed by atoms with E-state index in [4.69, 9.17) is 16.1 Å². The predicted molar refractivity (Wildman–Crippen MR) is 144 cm³/mol.